The summed E-state index contributed by atoms with van der Waals surface area (Å²) in [5, 5.41) is 34.9. The fraction of sp³-hybridized carbons (Fsp3) is 0.778. The Bertz CT molecular complexity index is 581. The van der Waals surface area contributed by atoms with Crippen LogP contribution in [0.2, 0.25) is 0 Å². The zero-order chi connectivity index (χ0) is 22.9. The van der Waals surface area contributed by atoms with E-state index in [1.165, 1.54) is 6.92 Å². The minimum absolute atomic E-state index is 0.0178. The predicted octanol–water partition coefficient (Wildman–Crippen LogP) is -2.07. The van der Waals surface area contributed by atoms with E-state index < -0.39 is 60.6 Å². The number of aliphatic hydroxyl groups is 2. The third kappa shape index (κ3) is 9.20. The molecule has 29 heavy (non-hydrogen) atoms. The van der Waals surface area contributed by atoms with Gasteiger partial charge in [0.05, 0.1) is 12.7 Å². The van der Waals surface area contributed by atoms with E-state index in [2.05, 4.69) is 16.0 Å². The Balaban J connectivity index is 5.40. The van der Waals surface area contributed by atoms with Gasteiger partial charge in [-0.05, 0) is 25.2 Å². The van der Waals surface area contributed by atoms with Crippen LogP contribution in [0.1, 0.15) is 41.0 Å². The van der Waals surface area contributed by atoms with Gasteiger partial charge in [0.15, 0.2) is 6.04 Å². The molecule has 0 saturated carbocycles. The van der Waals surface area contributed by atoms with Gasteiger partial charge < -0.3 is 37.0 Å². The summed E-state index contributed by atoms with van der Waals surface area (Å²) in [4.78, 5) is 48.4. The lowest BCUT2D eigenvalue weighted by Gasteiger charge is -2.27. The van der Waals surface area contributed by atoms with Gasteiger partial charge in [-0.15, -0.1) is 0 Å². The molecule has 5 atom stereocenters. The van der Waals surface area contributed by atoms with E-state index in [1.807, 2.05) is 13.8 Å². The maximum Gasteiger partial charge on any atom is 0.328 e. The first-order valence-electron chi connectivity index (χ1n) is 9.50. The van der Waals surface area contributed by atoms with E-state index in [-0.39, 0.29) is 18.3 Å². The number of carboxylic acids is 1. The molecule has 8 N–H and O–H groups in total. The Kier molecular flexibility index (Phi) is 11.4. The number of carbonyl (C=O) groups is 4. The van der Waals surface area contributed by atoms with Crippen molar-refractivity contribution in [3.8, 4) is 0 Å². The van der Waals surface area contributed by atoms with Crippen molar-refractivity contribution in [3.63, 3.8) is 0 Å². The number of nitrogens with one attached hydrogen (secondary N) is 3. The molecule has 0 aliphatic heterocycles. The first kappa shape index (κ1) is 26.8. The van der Waals surface area contributed by atoms with Crippen molar-refractivity contribution in [2.45, 2.75) is 71.3 Å². The average Bonchev–Trinajstić information content (AvgIpc) is 2.60. The van der Waals surface area contributed by atoms with E-state index in [9.17, 15) is 24.3 Å². The highest BCUT2D eigenvalue weighted by Crippen LogP contribution is 2.09. The standard InChI is InChI=1S/C18H34N4O7/c1-8(2)6-12(16(26)22-14(10(5)24)18(28)29)20-17(27)13(9(3)4)21-15(25)11(19)7-23/h8-14,23-24H,6-7,19H2,1-5H3,(H,20,27)(H,21,25)(H,22,26)(H,28,29). The largest absolute Gasteiger partial charge is 0.480 e. The first-order chi connectivity index (χ1) is 13.3. The van der Waals surface area contributed by atoms with Crippen LogP contribution in [-0.2, 0) is 19.2 Å². The summed E-state index contributed by atoms with van der Waals surface area (Å²) in [6, 6.07) is -4.82. The molecule has 168 valence electrons. The minimum Gasteiger partial charge on any atom is -0.480 e. The van der Waals surface area contributed by atoms with Crippen LogP contribution in [0.15, 0.2) is 0 Å². The molecular weight excluding hydrogens is 384 g/mol. The van der Waals surface area contributed by atoms with Gasteiger partial charge in [-0.3, -0.25) is 14.4 Å². The lowest BCUT2D eigenvalue weighted by molar-refractivity contribution is -0.145. The molecule has 0 aromatic rings. The average molecular weight is 418 g/mol. The third-order valence-electron chi connectivity index (χ3n) is 4.17. The summed E-state index contributed by atoms with van der Waals surface area (Å²) in [6.07, 6.45) is -1.13. The van der Waals surface area contributed by atoms with Gasteiger partial charge in [0.25, 0.3) is 0 Å². The van der Waals surface area contributed by atoms with Gasteiger partial charge in [-0.1, -0.05) is 27.7 Å². The van der Waals surface area contributed by atoms with Gasteiger partial charge in [0, 0.05) is 0 Å². The van der Waals surface area contributed by atoms with Crippen LogP contribution in [0.4, 0.5) is 0 Å². The third-order valence-corrected chi connectivity index (χ3v) is 4.17. The Morgan fingerprint density at radius 1 is 0.862 bits per heavy atom. The maximum absolute atomic E-state index is 12.7. The topological polar surface area (TPSA) is 191 Å². The first-order valence-corrected chi connectivity index (χ1v) is 9.50. The normalized spacial score (nSPS) is 16.5. The molecule has 0 radical (unpaired) electrons. The molecule has 0 bridgehead atoms. The molecule has 3 amide bonds. The highest BCUT2D eigenvalue weighted by Gasteiger charge is 2.33. The van der Waals surface area contributed by atoms with Crippen molar-refractivity contribution in [2.24, 2.45) is 17.6 Å². The van der Waals surface area contributed by atoms with Crippen LogP contribution in [-0.4, -0.2) is 75.9 Å². The summed E-state index contributed by atoms with van der Waals surface area (Å²) >= 11 is 0. The van der Waals surface area contributed by atoms with Crippen LogP contribution in [0, 0.1) is 11.8 Å². The molecule has 0 rings (SSSR count). The van der Waals surface area contributed by atoms with Crippen molar-refractivity contribution in [1.82, 2.24) is 16.0 Å². The van der Waals surface area contributed by atoms with Gasteiger partial charge >= 0.3 is 5.97 Å². The minimum atomic E-state index is -1.53. The fourth-order valence-electron chi connectivity index (χ4n) is 2.49. The molecule has 0 saturated heterocycles. The molecule has 0 spiro atoms. The van der Waals surface area contributed by atoms with Crippen molar-refractivity contribution in [3.05, 3.63) is 0 Å². The van der Waals surface area contributed by atoms with Crippen molar-refractivity contribution >= 4 is 23.7 Å². The zero-order valence-electron chi connectivity index (χ0n) is 17.5. The Hall–Kier alpha value is -2.24. The van der Waals surface area contributed by atoms with Crippen LogP contribution in [0.25, 0.3) is 0 Å². The van der Waals surface area contributed by atoms with Crippen molar-refractivity contribution < 1.29 is 34.5 Å². The maximum atomic E-state index is 12.7. The molecule has 0 aromatic heterocycles. The van der Waals surface area contributed by atoms with E-state index in [0.29, 0.717) is 0 Å². The van der Waals surface area contributed by atoms with Gasteiger partial charge in [0.1, 0.15) is 18.1 Å². The van der Waals surface area contributed by atoms with E-state index in [0.717, 1.165) is 0 Å². The smallest absolute Gasteiger partial charge is 0.328 e. The quantitative estimate of drug-likeness (QED) is 0.188. The number of nitrogens with two attached hydrogens (primary N) is 1. The number of hydrogen-bond donors (Lipinski definition) is 7. The molecule has 5 unspecified atom stereocenters. The van der Waals surface area contributed by atoms with Crippen molar-refractivity contribution in [1.29, 1.82) is 0 Å². The van der Waals surface area contributed by atoms with Crippen LogP contribution >= 0.6 is 0 Å². The summed E-state index contributed by atoms with van der Waals surface area (Å²) in [5.74, 6) is -3.91. The Morgan fingerprint density at radius 2 is 1.38 bits per heavy atom. The number of amides is 3. The lowest BCUT2D eigenvalue weighted by Crippen LogP contribution is -2.59. The number of aliphatic carboxylic acids is 1. The Labute approximate surface area is 170 Å². The van der Waals surface area contributed by atoms with Crippen LogP contribution < -0.4 is 21.7 Å². The number of carboxylic acid groups (broad SMARTS) is 1. The number of hydrogen-bond acceptors (Lipinski definition) is 7. The van der Waals surface area contributed by atoms with E-state index in [1.54, 1.807) is 13.8 Å². The number of carbonyl (C=O) groups excluding carboxylic acids is 3. The second kappa shape index (κ2) is 12.3. The molecule has 0 fully saturated rings. The van der Waals surface area contributed by atoms with E-state index in [4.69, 9.17) is 15.9 Å². The monoisotopic (exact) mass is 418 g/mol. The molecule has 0 aliphatic carbocycles. The fourth-order valence-corrected chi connectivity index (χ4v) is 2.49. The second-order valence-corrected chi connectivity index (χ2v) is 7.78. The molecule has 0 aliphatic rings. The molecular formula is C18H34N4O7. The molecule has 11 nitrogen and oxygen atoms in total. The summed E-state index contributed by atoms with van der Waals surface area (Å²) in [5.41, 5.74) is 5.45. The second-order valence-electron chi connectivity index (χ2n) is 7.78. The highest BCUT2D eigenvalue weighted by atomic mass is 16.4. The number of rotatable bonds is 12. The zero-order valence-corrected chi connectivity index (χ0v) is 17.5. The summed E-state index contributed by atoms with van der Waals surface area (Å²) in [7, 11) is 0. The van der Waals surface area contributed by atoms with Gasteiger partial charge in [0.2, 0.25) is 17.7 Å². The Morgan fingerprint density at radius 3 is 1.76 bits per heavy atom. The van der Waals surface area contributed by atoms with Crippen LogP contribution in [0.3, 0.4) is 0 Å². The lowest BCUT2D eigenvalue weighted by atomic mass is 9.99. The summed E-state index contributed by atoms with van der Waals surface area (Å²) < 4.78 is 0. The SMILES string of the molecule is CC(C)CC(NC(=O)C(NC(=O)C(N)CO)C(C)C)C(=O)NC(C(=O)O)C(C)O. The molecule has 0 heterocycles. The highest BCUT2D eigenvalue weighted by molar-refractivity contribution is 5.94. The molecule has 11 heteroatoms. The van der Waals surface area contributed by atoms with Crippen molar-refractivity contribution in [2.75, 3.05) is 6.61 Å². The molecule has 0 aromatic carbocycles. The van der Waals surface area contributed by atoms with Gasteiger partial charge in [-0.2, -0.15) is 0 Å². The summed E-state index contributed by atoms with van der Waals surface area (Å²) in [6.45, 7) is 7.63. The van der Waals surface area contributed by atoms with Crippen LogP contribution in [0.5, 0.6) is 0 Å². The predicted molar refractivity (Wildman–Crippen MR) is 104 cm³/mol. The van der Waals surface area contributed by atoms with E-state index >= 15 is 0 Å². The number of aliphatic hydroxyl groups excluding tert-OH is 2. The van der Waals surface area contributed by atoms with Gasteiger partial charge in [-0.25, -0.2) is 4.79 Å².